The maximum absolute atomic E-state index is 12.3. The normalized spacial score (nSPS) is 33.5. The van der Waals surface area contributed by atoms with Crippen molar-refractivity contribution in [2.75, 3.05) is 6.54 Å². The molecule has 1 aromatic rings. The number of phenols is 1. The van der Waals surface area contributed by atoms with Gasteiger partial charge >= 0.3 is 6.09 Å². The first-order chi connectivity index (χ1) is 13.5. The van der Waals surface area contributed by atoms with Crippen molar-refractivity contribution in [1.82, 2.24) is 5.32 Å². The Hall–Kier alpha value is -1.71. The topological polar surface area (TPSA) is 58.6 Å². The summed E-state index contributed by atoms with van der Waals surface area (Å²) in [6.07, 6.45) is 9.83. The van der Waals surface area contributed by atoms with E-state index in [0.717, 1.165) is 44.9 Å². The molecule has 5 atom stereocenters. The molecule has 0 spiro atoms. The minimum atomic E-state index is -0.227. The van der Waals surface area contributed by atoms with Crippen molar-refractivity contribution in [3.8, 4) is 5.75 Å². The Bertz CT molecular complexity index is 718. The number of rotatable bonds is 5. The van der Waals surface area contributed by atoms with Gasteiger partial charge in [-0.15, -0.1) is 0 Å². The maximum atomic E-state index is 12.3. The van der Waals surface area contributed by atoms with Crippen LogP contribution in [-0.2, 0) is 11.2 Å². The number of ether oxygens (including phenoxy) is 1. The molecule has 0 bridgehead atoms. The number of hydrogen-bond acceptors (Lipinski definition) is 3. The molecule has 5 unspecified atom stereocenters. The van der Waals surface area contributed by atoms with Gasteiger partial charge in [-0.3, -0.25) is 0 Å². The van der Waals surface area contributed by atoms with Crippen LogP contribution in [0.5, 0.6) is 5.75 Å². The van der Waals surface area contributed by atoms with Gasteiger partial charge in [0.1, 0.15) is 11.9 Å². The summed E-state index contributed by atoms with van der Waals surface area (Å²) in [7, 11) is 0. The summed E-state index contributed by atoms with van der Waals surface area (Å²) < 4.78 is 5.95. The number of fused-ring (bicyclic) bond motifs is 5. The van der Waals surface area contributed by atoms with Gasteiger partial charge in [0.15, 0.2) is 0 Å². The van der Waals surface area contributed by atoms with Crippen LogP contribution in [0.25, 0.3) is 0 Å². The molecule has 0 heterocycles. The van der Waals surface area contributed by atoms with Crippen molar-refractivity contribution in [3.05, 3.63) is 29.3 Å². The average Bonchev–Trinajstić information content (AvgIpc) is 3.01. The predicted octanol–water partition coefficient (Wildman–Crippen LogP) is 5.53. The molecule has 0 aliphatic heterocycles. The van der Waals surface area contributed by atoms with Crippen molar-refractivity contribution in [2.45, 2.75) is 83.7 Å². The first-order valence-electron chi connectivity index (χ1n) is 11.3. The van der Waals surface area contributed by atoms with Gasteiger partial charge in [-0.05, 0) is 86.0 Å². The van der Waals surface area contributed by atoms with Crippen LogP contribution in [0.2, 0.25) is 0 Å². The molecule has 28 heavy (non-hydrogen) atoms. The summed E-state index contributed by atoms with van der Waals surface area (Å²) in [5.41, 5.74) is 2.90. The Morgan fingerprint density at radius 1 is 1.25 bits per heavy atom. The summed E-state index contributed by atoms with van der Waals surface area (Å²) in [5, 5.41) is 12.8. The molecule has 1 aromatic carbocycles. The molecule has 0 radical (unpaired) electrons. The van der Waals surface area contributed by atoms with Crippen molar-refractivity contribution in [2.24, 2.45) is 17.3 Å². The largest absolute Gasteiger partial charge is 0.508 e. The van der Waals surface area contributed by atoms with Crippen molar-refractivity contribution in [1.29, 1.82) is 0 Å². The van der Waals surface area contributed by atoms with Crippen molar-refractivity contribution < 1.29 is 14.6 Å². The van der Waals surface area contributed by atoms with Crippen LogP contribution in [0.3, 0.4) is 0 Å². The van der Waals surface area contributed by atoms with Gasteiger partial charge in [-0.2, -0.15) is 0 Å². The number of aromatic hydroxyl groups is 1. The average molecular weight is 386 g/mol. The second-order valence-corrected chi connectivity index (χ2v) is 9.45. The van der Waals surface area contributed by atoms with E-state index in [4.69, 9.17) is 4.74 Å². The van der Waals surface area contributed by atoms with Crippen LogP contribution < -0.4 is 5.32 Å². The predicted molar refractivity (Wildman–Crippen MR) is 111 cm³/mol. The molecular formula is C24H35NO3. The van der Waals surface area contributed by atoms with E-state index in [2.05, 4.69) is 25.2 Å². The molecule has 0 saturated heterocycles. The number of alkyl carbamates (subject to hydrolysis) is 1. The summed E-state index contributed by atoms with van der Waals surface area (Å²) in [6.45, 7) is 5.25. The lowest BCUT2D eigenvalue weighted by Gasteiger charge is -2.50. The van der Waals surface area contributed by atoms with Crippen molar-refractivity contribution in [3.63, 3.8) is 0 Å². The third kappa shape index (κ3) is 3.51. The van der Waals surface area contributed by atoms with Gasteiger partial charge in [0.05, 0.1) is 0 Å². The van der Waals surface area contributed by atoms with Crippen LogP contribution >= 0.6 is 0 Å². The van der Waals surface area contributed by atoms with E-state index in [-0.39, 0.29) is 17.6 Å². The number of carbonyl (C=O) groups excluding carboxylic acids is 1. The minimum absolute atomic E-state index is 0.0471. The van der Waals surface area contributed by atoms with Gasteiger partial charge in [0.25, 0.3) is 0 Å². The SMILES string of the molecule is CCCCCNC(=O)OC1CCC2C3CCc4cc(O)ccc4C3CCC12C. The van der Waals surface area contributed by atoms with Gasteiger partial charge in [-0.25, -0.2) is 4.79 Å². The zero-order chi connectivity index (χ0) is 19.7. The molecule has 4 nitrogen and oxygen atoms in total. The lowest BCUT2D eigenvalue weighted by Crippen LogP contribution is -2.46. The highest BCUT2D eigenvalue weighted by atomic mass is 16.6. The second kappa shape index (κ2) is 7.96. The molecule has 2 N–H and O–H groups in total. The first-order valence-corrected chi connectivity index (χ1v) is 11.3. The molecule has 2 saturated carbocycles. The fourth-order valence-electron chi connectivity index (χ4n) is 6.45. The molecule has 4 heteroatoms. The van der Waals surface area contributed by atoms with Crippen LogP contribution in [-0.4, -0.2) is 23.8 Å². The number of hydrogen-bond donors (Lipinski definition) is 2. The Kier molecular flexibility index (Phi) is 5.57. The third-order valence-electron chi connectivity index (χ3n) is 7.92. The van der Waals surface area contributed by atoms with E-state index in [1.54, 1.807) is 0 Å². The minimum Gasteiger partial charge on any atom is -0.508 e. The quantitative estimate of drug-likeness (QED) is 0.655. The van der Waals surface area contributed by atoms with E-state index in [0.29, 0.717) is 30.0 Å². The maximum Gasteiger partial charge on any atom is 0.407 e. The lowest BCUT2D eigenvalue weighted by atomic mass is 9.55. The molecule has 4 rings (SSSR count). The highest BCUT2D eigenvalue weighted by Gasteiger charge is 2.56. The Morgan fingerprint density at radius 3 is 2.93 bits per heavy atom. The second-order valence-electron chi connectivity index (χ2n) is 9.45. The van der Waals surface area contributed by atoms with Gasteiger partial charge < -0.3 is 15.2 Å². The summed E-state index contributed by atoms with van der Waals surface area (Å²) in [6, 6.07) is 5.96. The standard InChI is InChI=1S/C24H35NO3/c1-3-4-5-14-25-23(27)28-22-11-10-21-20-8-6-16-15-17(26)7-9-18(16)19(20)12-13-24(21,22)2/h7,9,15,19-22,26H,3-6,8,10-14H2,1-2H3,(H,25,27). The van der Waals surface area contributed by atoms with Gasteiger partial charge in [0.2, 0.25) is 0 Å². The Morgan fingerprint density at radius 2 is 2.11 bits per heavy atom. The van der Waals surface area contributed by atoms with Crippen LogP contribution in [0.1, 0.15) is 82.3 Å². The smallest absolute Gasteiger partial charge is 0.407 e. The number of nitrogens with one attached hydrogen (secondary N) is 1. The highest BCUT2D eigenvalue weighted by Crippen LogP contribution is 2.61. The number of benzene rings is 1. The first kappa shape index (κ1) is 19.6. The van der Waals surface area contributed by atoms with Crippen LogP contribution in [0.4, 0.5) is 4.79 Å². The number of carbonyl (C=O) groups is 1. The summed E-state index contributed by atoms with van der Waals surface area (Å²) in [4.78, 5) is 12.3. The molecule has 0 aromatic heterocycles. The zero-order valence-electron chi connectivity index (χ0n) is 17.4. The monoisotopic (exact) mass is 385 g/mol. The van der Waals surface area contributed by atoms with E-state index in [1.165, 1.54) is 24.0 Å². The van der Waals surface area contributed by atoms with E-state index < -0.39 is 0 Å². The van der Waals surface area contributed by atoms with Crippen LogP contribution in [0, 0.1) is 17.3 Å². The lowest BCUT2D eigenvalue weighted by molar-refractivity contribution is -0.0314. The third-order valence-corrected chi connectivity index (χ3v) is 7.92. The van der Waals surface area contributed by atoms with Crippen LogP contribution in [0.15, 0.2) is 18.2 Å². The fraction of sp³-hybridized carbons (Fsp3) is 0.708. The Labute approximate surface area is 169 Å². The number of unbranched alkanes of at least 4 members (excludes halogenated alkanes) is 2. The van der Waals surface area contributed by atoms with Gasteiger partial charge in [-0.1, -0.05) is 32.8 Å². The molecule has 1 amide bonds. The fourth-order valence-corrected chi connectivity index (χ4v) is 6.45. The van der Waals surface area contributed by atoms with Gasteiger partial charge in [0, 0.05) is 12.0 Å². The van der Waals surface area contributed by atoms with E-state index in [1.807, 2.05) is 12.1 Å². The number of amides is 1. The van der Waals surface area contributed by atoms with Crippen molar-refractivity contribution >= 4 is 6.09 Å². The highest BCUT2D eigenvalue weighted by molar-refractivity contribution is 5.67. The van der Waals surface area contributed by atoms with E-state index >= 15 is 0 Å². The molecular weight excluding hydrogens is 350 g/mol. The number of aryl methyl sites for hydroxylation is 1. The molecule has 154 valence electrons. The molecule has 3 aliphatic rings. The molecule has 2 fully saturated rings. The summed E-state index contributed by atoms with van der Waals surface area (Å²) >= 11 is 0. The summed E-state index contributed by atoms with van der Waals surface area (Å²) in [5.74, 6) is 2.30. The molecule has 3 aliphatic carbocycles. The van der Waals surface area contributed by atoms with E-state index in [9.17, 15) is 9.90 Å². The Balaban J connectivity index is 1.42. The number of phenolic OH excluding ortho intramolecular Hbond substituents is 1. The zero-order valence-corrected chi connectivity index (χ0v) is 17.4.